The minimum atomic E-state index is -0.146. The minimum Gasteiger partial charge on any atom is -0.494 e. The summed E-state index contributed by atoms with van der Waals surface area (Å²) in [5.41, 5.74) is 2.70. The maximum absolute atomic E-state index is 12.9. The molecule has 1 amide bonds. The number of fused-ring (bicyclic) bond motifs is 1. The van der Waals surface area contributed by atoms with E-state index in [4.69, 9.17) is 4.74 Å². The van der Waals surface area contributed by atoms with Crippen LogP contribution < -0.4 is 10.1 Å². The number of ether oxygens (including phenoxy) is 1. The molecule has 126 valence electrons. The zero-order chi connectivity index (χ0) is 16.9. The Morgan fingerprint density at radius 3 is 2.50 bits per heavy atom. The standard InChI is InChI=1S/C20H24N2O2/c1-3-13-22-19(15-9-11-16(12-10-15)24-14-4-2)21-18-8-6-5-7-17(18)20(22)23/h5-12,19,21H,3-4,13-14H2,1-2H3/t19-/m1/s1. The highest BCUT2D eigenvalue weighted by molar-refractivity contribution is 6.01. The van der Waals surface area contributed by atoms with Crippen LogP contribution in [0.5, 0.6) is 5.75 Å². The van der Waals surface area contributed by atoms with Crippen molar-refractivity contribution in [3.8, 4) is 5.75 Å². The lowest BCUT2D eigenvalue weighted by atomic mass is 10.0. The number of benzene rings is 2. The second kappa shape index (κ2) is 7.39. The Hall–Kier alpha value is -2.49. The van der Waals surface area contributed by atoms with Crippen LogP contribution in [0.2, 0.25) is 0 Å². The number of carbonyl (C=O) groups excluding carboxylic acids is 1. The van der Waals surface area contributed by atoms with Gasteiger partial charge < -0.3 is 15.0 Å². The van der Waals surface area contributed by atoms with Crippen LogP contribution in [0.15, 0.2) is 48.5 Å². The Balaban J connectivity index is 1.89. The summed E-state index contributed by atoms with van der Waals surface area (Å²) in [5.74, 6) is 0.952. The van der Waals surface area contributed by atoms with Gasteiger partial charge in [-0.25, -0.2) is 0 Å². The van der Waals surface area contributed by atoms with E-state index in [2.05, 4.69) is 19.2 Å². The largest absolute Gasteiger partial charge is 0.494 e. The first kappa shape index (κ1) is 16.4. The second-order valence-corrected chi connectivity index (χ2v) is 6.01. The number of nitrogens with zero attached hydrogens (tertiary/aromatic N) is 1. The molecule has 0 aliphatic carbocycles. The van der Waals surface area contributed by atoms with E-state index >= 15 is 0 Å². The molecule has 1 N–H and O–H groups in total. The zero-order valence-corrected chi connectivity index (χ0v) is 14.3. The van der Waals surface area contributed by atoms with Gasteiger partial charge in [0.25, 0.3) is 5.91 Å². The van der Waals surface area contributed by atoms with E-state index in [9.17, 15) is 4.79 Å². The molecule has 0 bridgehead atoms. The lowest BCUT2D eigenvalue weighted by Crippen LogP contribution is -2.43. The molecule has 0 spiro atoms. The van der Waals surface area contributed by atoms with Gasteiger partial charge in [-0.3, -0.25) is 4.79 Å². The molecule has 24 heavy (non-hydrogen) atoms. The number of hydrogen-bond donors (Lipinski definition) is 1. The summed E-state index contributed by atoms with van der Waals surface area (Å²) in [6, 6.07) is 15.7. The molecule has 3 rings (SSSR count). The first-order valence-electron chi connectivity index (χ1n) is 8.64. The summed E-state index contributed by atoms with van der Waals surface area (Å²) >= 11 is 0. The summed E-state index contributed by atoms with van der Waals surface area (Å²) in [4.78, 5) is 14.8. The maximum Gasteiger partial charge on any atom is 0.257 e. The topological polar surface area (TPSA) is 41.6 Å². The number of amides is 1. The van der Waals surface area contributed by atoms with Crippen LogP contribution in [0.25, 0.3) is 0 Å². The van der Waals surface area contributed by atoms with Gasteiger partial charge in [0, 0.05) is 12.2 Å². The van der Waals surface area contributed by atoms with Gasteiger partial charge in [0.15, 0.2) is 0 Å². The fourth-order valence-corrected chi connectivity index (χ4v) is 2.99. The Bertz CT molecular complexity index is 697. The van der Waals surface area contributed by atoms with Gasteiger partial charge in [0.1, 0.15) is 11.9 Å². The molecule has 1 heterocycles. The molecule has 4 nitrogen and oxygen atoms in total. The first-order valence-corrected chi connectivity index (χ1v) is 8.64. The Labute approximate surface area is 143 Å². The fraction of sp³-hybridized carbons (Fsp3) is 0.350. The predicted molar refractivity (Wildman–Crippen MR) is 96.4 cm³/mol. The smallest absolute Gasteiger partial charge is 0.257 e. The summed E-state index contributed by atoms with van der Waals surface area (Å²) in [7, 11) is 0. The van der Waals surface area contributed by atoms with E-state index in [1.165, 1.54) is 0 Å². The molecule has 2 aromatic rings. The fourth-order valence-electron chi connectivity index (χ4n) is 2.99. The van der Waals surface area contributed by atoms with Gasteiger partial charge in [0.2, 0.25) is 0 Å². The summed E-state index contributed by atoms with van der Waals surface area (Å²) in [6.45, 7) is 5.62. The van der Waals surface area contributed by atoms with E-state index in [0.717, 1.165) is 48.6 Å². The highest BCUT2D eigenvalue weighted by atomic mass is 16.5. The van der Waals surface area contributed by atoms with Gasteiger partial charge >= 0.3 is 0 Å². The predicted octanol–water partition coefficient (Wildman–Crippen LogP) is 4.45. The molecular weight excluding hydrogens is 300 g/mol. The Morgan fingerprint density at radius 2 is 1.79 bits per heavy atom. The van der Waals surface area contributed by atoms with Gasteiger partial charge in [0.05, 0.1) is 12.2 Å². The van der Waals surface area contributed by atoms with Crippen molar-refractivity contribution in [3.63, 3.8) is 0 Å². The summed E-state index contributed by atoms with van der Waals surface area (Å²) in [5, 5.41) is 3.51. The molecule has 0 saturated carbocycles. The monoisotopic (exact) mass is 324 g/mol. The summed E-state index contributed by atoms with van der Waals surface area (Å²) in [6.07, 6.45) is 1.76. The van der Waals surface area contributed by atoms with E-state index in [-0.39, 0.29) is 12.1 Å². The lowest BCUT2D eigenvalue weighted by molar-refractivity contribution is 0.0683. The number of anilines is 1. The third kappa shape index (κ3) is 3.23. The van der Waals surface area contributed by atoms with Crippen molar-refractivity contribution < 1.29 is 9.53 Å². The van der Waals surface area contributed by atoms with Crippen molar-refractivity contribution >= 4 is 11.6 Å². The van der Waals surface area contributed by atoms with Gasteiger partial charge in [-0.1, -0.05) is 38.1 Å². The first-order chi connectivity index (χ1) is 11.7. The van der Waals surface area contributed by atoms with Crippen molar-refractivity contribution in [1.29, 1.82) is 0 Å². The number of hydrogen-bond acceptors (Lipinski definition) is 3. The molecule has 0 unspecified atom stereocenters. The number of rotatable bonds is 6. The van der Waals surface area contributed by atoms with Crippen molar-refractivity contribution in [2.75, 3.05) is 18.5 Å². The van der Waals surface area contributed by atoms with Crippen LogP contribution >= 0.6 is 0 Å². The molecule has 0 radical (unpaired) electrons. The van der Waals surface area contributed by atoms with E-state index < -0.39 is 0 Å². The SMILES string of the molecule is CCCOc1ccc([C@@H]2Nc3ccccc3C(=O)N2CCC)cc1. The molecule has 1 aliphatic rings. The van der Waals surface area contributed by atoms with Crippen LogP contribution in [0.1, 0.15) is 48.8 Å². The third-order valence-corrected chi connectivity index (χ3v) is 4.16. The van der Waals surface area contributed by atoms with E-state index in [1.54, 1.807) is 0 Å². The third-order valence-electron chi connectivity index (χ3n) is 4.16. The molecule has 1 atom stereocenters. The van der Waals surface area contributed by atoms with Crippen LogP contribution in [0, 0.1) is 0 Å². The average molecular weight is 324 g/mol. The molecule has 4 heteroatoms. The van der Waals surface area contributed by atoms with Crippen molar-refractivity contribution in [2.45, 2.75) is 32.9 Å². The van der Waals surface area contributed by atoms with Crippen LogP contribution in [0.3, 0.4) is 0 Å². The highest BCUT2D eigenvalue weighted by Crippen LogP contribution is 2.33. The Kier molecular flexibility index (Phi) is 5.04. The van der Waals surface area contributed by atoms with Gasteiger partial charge in [-0.15, -0.1) is 0 Å². The summed E-state index contributed by atoms with van der Waals surface area (Å²) < 4.78 is 5.65. The van der Waals surface area contributed by atoms with Crippen LogP contribution in [0.4, 0.5) is 5.69 Å². The minimum absolute atomic E-state index is 0.0857. The highest BCUT2D eigenvalue weighted by Gasteiger charge is 2.31. The second-order valence-electron chi connectivity index (χ2n) is 6.01. The number of nitrogens with one attached hydrogen (secondary N) is 1. The zero-order valence-electron chi connectivity index (χ0n) is 14.3. The van der Waals surface area contributed by atoms with Crippen molar-refractivity contribution in [3.05, 3.63) is 59.7 Å². The van der Waals surface area contributed by atoms with Gasteiger partial charge in [-0.2, -0.15) is 0 Å². The van der Waals surface area contributed by atoms with Crippen LogP contribution in [-0.2, 0) is 0 Å². The molecule has 2 aromatic carbocycles. The molecule has 0 saturated heterocycles. The molecule has 1 aliphatic heterocycles. The quantitative estimate of drug-likeness (QED) is 0.853. The van der Waals surface area contributed by atoms with E-state index in [1.807, 2.05) is 53.4 Å². The molecular formula is C20H24N2O2. The van der Waals surface area contributed by atoms with Crippen LogP contribution in [-0.4, -0.2) is 24.0 Å². The average Bonchev–Trinajstić information content (AvgIpc) is 2.63. The normalized spacial score (nSPS) is 16.5. The van der Waals surface area contributed by atoms with Crippen molar-refractivity contribution in [1.82, 2.24) is 4.90 Å². The Morgan fingerprint density at radius 1 is 1.04 bits per heavy atom. The molecule has 0 fully saturated rings. The number of carbonyl (C=O) groups is 1. The van der Waals surface area contributed by atoms with Crippen molar-refractivity contribution in [2.24, 2.45) is 0 Å². The van der Waals surface area contributed by atoms with E-state index in [0.29, 0.717) is 0 Å². The number of para-hydroxylation sites is 1. The van der Waals surface area contributed by atoms with Gasteiger partial charge in [-0.05, 0) is 42.7 Å². The lowest BCUT2D eigenvalue weighted by Gasteiger charge is -2.38. The molecule has 0 aromatic heterocycles. The maximum atomic E-state index is 12.9.